The molecule has 8 heteroatoms. The predicted octanol–water partition coefficient (Wildman–Crippen LogP) is 3.46. The van der Waals surface area contributed by atoms with E-state index in [1.807, 2.05) is 0 Å². The number of ketones is 1. The smallest absolute Gasteiger partial charge is 0.361 e. The standard InChI is InChI=1S/C17H16BrNO5S/c1-3-23-17(21)14-13(16(24-19-14)9-4-5-9)15(20)11-7-6-10(18)8-12(11)25(2)22/h6-9H,3-5H2,1-2H3. The Bertz CT molecular complexity index is 872. The van der Waals surface area contributed by atoms with Crippen LogP contribution in [0.5, 0.6) is 0 Å². The molecular weight excluding hydrogens is 410 g/mol. The molecule has 1 heterocycles. The summed E-state index contributed by atoms with van der Waals surface area (Å²) in [5.74, 6) is -0.633. The lowest BCUT2D eigenvalue weighted by Crippen LogP contribution is -2.14. The molecule has 0 bridgehead atoms. The summed E-state index contributed by atoms with van der Waals surface area (Å²) in [6.07, 6.45) is 3.26. The van der Waals surface area contributed by atoms with Crippen LogP contribution >= 0.6 is 15.9 Å². The van der Waals surface area contributed by atoms with Crippen molar-refractivity contribution in [2.24, 2.45) is 0 Å². The number of hydrogen-bond donors (Lipinski definition) is 0. The fourth-order valence-electron chi connectivity index (χ4n) is 2.54. The van der Waals surface area contributed by atoms with E-state index >= 15 is 0 Å². The summed E-state index contributed by atoms with van der Waals surface area (Å²) in [5, 5.41) is 3.78. The van der Waals surface area contributed by atoms with E-state index in [0.29, 0.717) is 15.1 Å². The molecule has 0 aliphatic heterocycles. The highest BCUT2D eigenvalue weighted by Gasteiger charge is 2.38. The molecule has 132 valence electrons. The number of hydrogen-bond acceptors (Lipinski definition) is 6. The van der Waals surface area contributed by atoms with Crippen molar-refractivity contribution in [3.05, 3.63) is 45.3 Å². The second-order valence-electron chi connectivity index (χ2n) is 5.69. The molecule has 0 N–H and O–H groups in total. The van der Waals surface area contributed by atoms with Gasteiger partial charge in [-0.3, -0.25) is 9.00 Å². The number of esters is 1. The van der Waals surface area contributed by atoms with Crippen molar-refractivity contribution < 1.29 is 23.1 Å². The molecule has 25 heavy (non-hydrogen) atoms. The summed E-state index contributed by atoms with van der Waals surface area (Å²) in [6.45, 7) is 1.84. The number of ether oxygens (including phenoxy) is 1. The molecule has 6 nitrogen and oxygen atoms in total. The Hall–Kier alpha value is -1.80. The van der Waals surface area contributed by atoms with Crippen LogP contribution in [0.1, 0.15) is 57.9 Å². The third kappa shape index (κ3) is 3.59. The Kier molecular flexibility index (Phi) is 5.19. The third-order valence-electron chi connectivity index (χ3n) is 3.86. The van der Waals surface area contributed by atoms with Gasteiger partial charge in [0.25, 0.3) is 0 Å². The number of carbonyl (C=O) groups is 2. The van der Waals surface area contributed by atoms with E-state index in [9.17, 15) is 13.8 Å². The van der Waals surface area contributed by atoms with Gasteiger partial charge in [0, 0.05) is 22.2 Å². The zero-order valence-electron chi connectivity index (χ0n) is 13.7. The fourth-order valence-corrected chi connectivity index (χ4v) is 3.82. The highest BCUT2D eigenvalue weighted by Crippen LogP contribution is 2.43. The molecule has 3 rings (SSSR count). The maximum Gasteiger partial charge on any atom is 0.361 e. The highest BCUT2D eigenvalue weighted by molar-refractivity contribution is 9.10. The molecule has 0 saturated heterocycles. The van der Waals surface area contributed by atoms with E-state index in [0.717, 1.165) is 12.8 Å². The summed E-state index contributed by atoms with van der Waals surface area (Å²) >= 11 is 3.32. The molecule has 1 atom stereocenters. The lowest BCUT2D eigenvalue weighted by atomic mass is 9.99. The van der Waals surface area contributed by atoms with Crippen molar-refractivity contribution in [3.8, 4) is 0 Å². The zero-order valence-corrected chi connectivity index (χ0v) is 16.1. The maximum atomic E-state index is 13.2. The molecule has 1 aliphatic carbocycles. The average Bonchev–Trinajstić information content (AvgIpc) is 3.32. The van der Waals surface area contributed by atoms with Crippen molar-refractivity contribution in [1.82, 2.24) is 5.16 Å². The van der Waals surface area contributed by atoms with Gasteiger partial charge in [0.05, 0.1) is 22.3 Å². The minimum absolute atomic E-state index is 0.0839. The lowest BCUT2D eigenvalue weighted by molar-refractivity contribution is 0.0512. The monoisotopic (exact) mass is 425 g/mol. The second kappa shape index (κ2) is 7.21. The lowest BCUT2D eigenvalue weighted by Gasteiger charge is -2.08. The van der Waals surface area contributed by atoms with Crippen LogP contribution in [0.15, 0.2) is 32.1 Å². The number of rotatable bonds is 6. The van der Waals surface area contributed by atoms with Gasteiger partial charge in [-0.15, -0.1) is 0 Å². The van der Waals surface area contributed by atoms with Gasteiger partial charge in [-0.1, -0.05) is 21.1 Å². The zero-order chi connectivity index (χ0) is 18.1. The Labute approximate surface area is 155 Å². The summed E-state index contributed by atoms with van der Waals surface area (Å²) in [4.78, 5) is 25.7. The summed E-state index contributed by atoms with van der Waals surface area (Å²) in [5.41, 5.74) is 0.263. The van der Waals surface area contributed by atoms with Crippen LogP contribution in [0.4, 0.5) is 0 Å². The predicted molar refractivity (Wildman–Crippen MR) is 94.3 cm³/mol. The SMILES string of the molecule is CCOC(=O)c1noc(C2CC2)c1C(=O)c1ccc(Br)cc1S(C)=O. The van der Waals surface area contributed by atoms with E-state index in [4.69, 9.17) is 9.26 Å². The normalized spacial score (nSPS) is 15.0. The van der Waals surface area contributed by atoms with E-state index < -0.39 is 22.6 Å². The maximum absolute atomic E-state index is 13.2. The van der Waals surface area contributed by atoms with Crippen LogP contribution < -0.4 is 0 Å². The molecule has 0 amide bonds. The van der Waals surface area contributed by atoms with Crippen LogP contribution in [0.3, 0.4) is 0 Å². The average molecular weight is 426 g/mol. The first-order chi connectivity index (χ1) is 11.9. The van der Waals surface area contributed by atoms with Gasteiger partial charge in [0.1, 0.15) is 5.56 Å². The summed E-state index contributed by atoms with van der Waals surface area (Å²) in [6, 6.07) is 4.91. The Morgan fingerprint density at radius 3 is 2.72 bits per heavy atom. The molecule has 1 aromatic carbocycles. The molecule has 1 saturated carbocycles. The van der Waals surface area contributed by atoms with Gasteiger partial charge in [-0.25, -0.2) is 4.79 Å². The minimum atomic E-state index is -1.37. The van der Waals surface area contributed by atoms with E-state index in [1.54, 1.807) is 25.1 Å². The van der Waals surface area contributed by atoms with Crippen LogP contribution in [0, 0.1) is 0 Å². The van der Waals surface area contributed by atoms with Gasteiger partial charge >= 0.3 is 5.97 Å². The molecule has 2 aromatic rings. The number of carbonyl (C=O) groups excluding carboxylic acids is 2. The van der Waals surface area contributed by atoms with Gasteiger partial charge in [0.2, 0.25) is 5.69 Å². The van der Waals surface area contributed by atoms with Crippen molar-refractivity contribution in [2.45, 2.75) is 30.6 Å². The summed E-state index contributed by atoms with van der Waals surface area (Å²) in [7, 11) is -1.37. The van der Waals surface area contributed by atoms with Crippen LogP contribution in [0.2, 0.25) is 0 Å². The van der Waals surface area contributed by atoms with Crippen molar-refractivity contribution in [2.75, 3.05) is 12.9 Å². The van der Waals surface area contributed by atoms with Gasteiger partial charge in [-0.2, -0.15) is 0 Å². The number of benzene rings is 1. The topological polar surface area (TPSA) is 86.5 Å². The molecule has 1 aromatic heterocycles. The first kappa shape index (κ1) is 18.0. The van der Waals surface area contributed by atoms with Crippen molar-refractivity contribution >= 4 is 38.5 Å². The Morgan fingerprint density at radius 2 is 2.12 bits per heavy atom. The van der Waals surface area contributed by atoms with E-state index in [-0.39, 0.29) is 29.3 Å². The van der Waals surface area contributed by atoms with Crippen molar-refractivity contribution in [3.63, 3.8) is 0 Å². The fraction of sp³-hybridized carbons (Fsp3) is 0.353. The number of halogens is 1. The van der Waals surface area contributed by atoms with E-state index in [1.165, 1.54) is 6.26 Å². The van der Waals surface area contributed by atoms with Gasteiger partial charge in [0.15, 0.2) is 11.5 Å². The Balaban J connectivity index is 2.12. The van der Waals surface area contributed by atoms with E-state index in [2.05, 4.69) is 21.1 Å². The number of nitrogens with zero attached hydrogens (tertiary/aromatic N) is 1. The van der Waals surface area contributed by atoms with Gasteiger partial charge in [-0.05, 0) is 38.0 Å². The largest absolute Gasteiger partial charge is 0.461 e. The first-order valence-electron chi connectivity index (χ1n) is 7.78. The minimum Gasteiger partial charge on any atom is -0.461 e. The third-order valence-corrected chi connectivity index (χ3v) is 5.31. The van der Waals surface area contributed by atoms with Crippen LogP contribution in [-0.4, -0.2) is 34.0 Å². The molecule has 0 spiro atoms. The molecular formula is C17H16BrNO5S. The molecule has 0 radical (unpaired) electrons. The highest BCUT2D eigenvalue weighted by atomic mass is 79.9. The molecule has 1 fully saturated rings. The van der Waals surface area contributed by atoms with Crippen molar-refractivity contribution in [1.29, 1.82) is 0 Å². The Morgan fingerprint density at radius 1 is 1.40 bits per heavy atom. The van der Waals surface area contributed by atoms with Crippen LogP contribution in [0.25, 0.3) is 0 Å². The molecule has 1 unspecified atom stereocenters. The van der Waals surface area contributed by atoms with Gasteiger partial charge < -0.3 is 9.26 Å². The number of aromatic nitrogens is 1. The van der Waals surface area contributed by atoms with Crippen LogP contribution in [-0.2, 0) is 15.5 Å². The molecule has 1 aliphatic rings. The second-order valence-corrected chi connectivity index (χ2v) is 7.95. The first-order valence-corrected chi connectivity index (χ1v) is 10.1. The summed E-state index contributed by atoms with van der Waals surface area (Å²) < 4.78 is 23.0. The quantitative estimate of drug-likeness (QED) is 0.520.